The van der Waals surface area contributed by atoms with E-state index >= 15 is 0 Å². The van der Waals surface area contributed by atoms with Crippen LogP contribution in [0.5, 0.6) is 11.5 Å². The van der Waals surface area contributed by atoms with E-state index in [9.17, 15) is 9.59 Å². The molecule has 0 aromatic heterocycles. The molecular weight excluding hydrogens is 348 g/mol. The van der Waals surface area contributed by atoms with Crippen LogP contribution in [0.2, 0.25) is 0 Å². The predicted molar refractivity (Wildman–Crippen MR) is 102 cm³/mol. The van der Waals surface area contributed by atoms with Crippen LogP contribution in [0.25, 0.3) is 0 Å². The van der Waals surface area contributed by atoms with Crippen LogP contribution in [-0.4, -0.2) is 38.9 Å². The van der Waals surface area contributed by atoms with Crippen LogP contribution >= 0.6 is 0 Å². The molecule has 0 spiro atoms. The van der Waals surface area contributed by atoms with Crippen molar-refractivity contribution in [2.45, 2.75) is 13.3 Å². The van der Waals surface area contributed by atoms with Crippen molar-refractivity contribution in [3.8, 4) is 11.5 Å². The van der Waals surface area contributed by atoms with Gasteiger partial charge in [0.25, 0.3) is 5.91 Å². The number of methoxy groups -OCH3 is 1. The zero-order chi connectivity index (χ0) is 19.5. The smallest absolute Gasteiger partial charge is 0.411 e. The van der Waals surface area contributed by atoms with Crippen molar-refractivity contribution >= 4 is 17.7 Å². The van der Waals surface area contributed by atoms with Crippen molar-refractivity contribution in [3.63, 3.8) is 0 Å². The molecule has 0 aliphatic rings. The summed E-state index contributed by atoms with van der Waals surface area (Å²) in [7, 11) is 1.62. The molecule has 144 valence electrons. The summed E-state index contributed by atoms with van der Waals surface area (Å²) < 4.78 is 15.4. The number of hydrogen-bond donors (Lipinski definition) is 2. The van der Waals surface area contributed by atoms with Crippen molar-refractivity contribution in [2.24, 2.45) is 0 Å². The maximum absolute atomic E-state index is 11.9. The Labute approximate surface area is 158 Å². The van der Waals surface area contributed by atoms with Gasteiger partial charge in [0.1, 0.15) is 11.5 Å². The summed E-state index contributed by atoms with van der Waals surface area (Å²) in [6.45, 7) is 2.43. The molecule has 0 saturated heterocycles. The average molecular weight is 372 g/mol. The lowest BCUT2D eigenvalue weighted by molar-refractivity contribution is -0.123. The molecule has 2 amide bonds. The molecule has 0 unspecified atom stereocenters. The summed E-state index contributed by atoms with van der Waals surface area (Å²) >= 11 is 0. The SMILES string of the molecule is CCOC(=O)Nc1cccc(OCC(=O)NCCc2ccc(OC)cc2)c1. The number of anilines is 1. The van der Waals surface area contributed by atoms with Crippen molar-refractivity contribution in [1.82, 2.24) is 5.32 Å². The first-order chi connectivity index (χ1) is 13.1. The Morgan fingerprint density at radius 1 is 1.04 bits per heavy atom. The molecule has 0 saturated carbocycles. The Morgan fingerprint density at radius 2 is 1.81 bits per heavy atom. The fourth-order valence-corrected chi connectivity index (χ4v) is 2.29. The minimum absolute atomic E-state index is 0.106. The quantitative estimate of drug-likeness (QED) is 0.707. The first kappa shape index (κ1) is 20.1. The van der Waals surface area contributed by atoms with Gasteiger partial charge < -0.3 is 19.5 Å². The molecule has 2 aromatic carbocycles. The van der Waals surface area contributed by atoms with Crippen LogP contribution in [0.1, 0.15) is 12.5 Å². The first-order valence-corrected chi connectivity index (χ1v) is 8.67. The Hall–Kier alpha value is -3.22. The summed E-state index contributed by atoms with van der Waals surface area (Å²) in [4.78, 5) is 23.3. The Morgan fingerprint density at radius 3 is 2.52 bits per heavy atom. The molecule has 0 heterocycles. The number of ether oxygens (including phenoxy) is 3. The highest BCUT2D eigenvalue weighted by molar-refractivity contribution is 5.84. The molecule has 0 bridgehead atoms. The van der Waals surface area contributed by atoms with Gasteiger partial charge in [-0.2, -0.15) is 0 Å². The molecule has 2 rings (SSSR count). The summed E-state index contributed by atoms with van der Waals surface area (Å²) in [6, 6.07) is 14.5. The van der Waals surface area contributed by atoms with Gasteiger partial charge in [0.15, 0.2) is 6.61 Å². The van der Waals surface area contributed by atoms with Crippen LogP contribution < -0.4 is 20.1 Å². The predicted octanol–water partition coefficient (Wildman–Crippen LogP) is 3.00. The van der Waals surface area contributed by atoms with Crippen LogP contribution in [0, 0.1) is 0 Å². The number of hydrogen-bond acceptors (Lipinski definition) is 5. The van der Waals surface area contributed by atoms with Crippen LogP contribution in [0.3, 0.4) is 0 Å². The lowest BCUT2D eigenvalue weighted by Gasteiger charge is -2.10. The second-order valence-corrected chi connectivity index (χ2v) is 5.61. The fourth-order valence-electron chi connectivity index (χ4n) is 2.29. The first-order valence-electron chi connectivity index (χ1n) is 8.67. The second kappa shape index (κ2) is 10.7. The fraction of sp³-hybridized carbons (Fsp3) is 0.300. The lowest BCUT2D eigenvalue weighted by Crippen LogP contribution is -2.30. The Kier molecular flexibility index (Phi) is 7.96. The standard InChI is InChI=1S/C20H24N2O5/c1-3-26-20(24)22-16-5-4-6-18(13-16)27-14-19(23)21-12-11-15-7-9-17(25-2)10-8-15/h4-10,13H,3,11-12,14H2,1-2H3,(H,21,23)(H,22,24). The van der Waals surface area contributed by atoms with Gasteiger partial charge in [0, 0.05) is 18.3 Å². The van der Waals surface area contributed by atoms with Gasteiger partial charge in [-0.05, 0) is 43.2 Å². The van der Waals surface area contributed by atoms with Gasteiger partial charge in [-0.25, -0.2) is 4.79 Å². The minimum atomic E-state index is -0.536. The summed E-state index contributed by atoms with van der Waals surface area (Å²) in [6.07, 6.45) is 0.181. The number of nitrogens with one attached hydrogen (secondary N) is 2. The summed E-state index contributed by atoms with van der Waals surface area (Å²) in [5.41, 5.74) is 1.64. The van der Waals surface area contributed by atoms with Crippen molar-refractivity contribution in [1.29, 1.82) is 0 Å². The molecule has 7 heteroatoms. The second-order valence-electron chi connectivity index (χ2n) is 5.61. The van der Waals surface area contributed by atoms with Crippen LogP contribution in [0.4, 0.5) is 10.5 Å². The Balaban J connectivity index is 1.72. The zero-order valence-corrected chi connectivity index (χ0v) is 15.5. The van der Waals surface area contributed by atoms with Crippen molar-refractivity contribution in [2.75, 3.05) is 32.2 Å². The molecule has 2 aromatic rings. The van der Waals surface area contributed by atoms with Crippen LogP contribution in [-0.2, 0) is 16.0 Å². The molecule has 2 N–H and O–H groups in total. The monoisotopic (exact) mass is 372 g/mol. The minimum Gasteiger partial charge on any atom is -0.497 e. The van der Waals surface area contributed by atoms with E-state index in [1.54, 1.807) is 38.3 Å². The highest BCUT2D eigenvalue weighted by atomic mass is 16.5. The van der Waals surface area contributed by atoms with Gasteiger partial charge in [-0.15, -0.1) is 0 Å². The van der Waals surface area contributed by atoms with Gasteiger partial charge in [0.05, 0.1) is 13.7 Å². The molecule has 7 nitrogen and oxygen atoms in total. The third-order valence-corrected chi connectivity index (χ3v) is 3.62. The van der Waals surface area contributed by atoms with Crippen molar-refractivity contribution in [3.05, 3.63) is 54.1 Å². The molecule has 0 aliphatic carbocycles. The molecule has 0 aliphatic heterocycles. The van der Waals surface area contributed by atoms with E-state index in [1.807, 2.05) is 24.3 Å². The molecular formula is C20H24N2O5. The van der Waals surface area contributed by atoms with Gasteiger partial charge >= 0.3 is 6.09 Å². The van der Waals surface area contributed by atoms with E-state index in [0.29, 0.717) is 31.0 Å². The van der Waals surface area contributed by atoms with Gasteiger partial charge in [-0.1, -0.05) is 18.2 Å². The zero-order valence-electron chi connectivity index (χ0n) is 15.5. The van der Waals surface area contributed by atoms with E-state index in [1.165, 1.54) is 0 Å². The van der Waals surface area contributed by atoms with E-state index in [0.717, 1.165) is 11.3 Å². The largest absolute Gasteiger partial charge is 0.497 e. The van der Waals surface area contributed by atoms with E-state index in [2.05, 4.69) is 10.6 Å². The number of rotatable bonds is 9. The third-order valence-electron chi connectivity index (χ3n) is 3.62. The summed E-state index contributed by atoms with van der Waals surface area (Å²) in [5.74, 6) is 1.07. The van der Waals surface area contributed by atoms with E-state index in [-0.39, 0.29) is 12.5 Å². The number of benzene rings is 2. The topological polar surface area (TPSA) is 85.9 Å². The number of carbonyl (C=O) groups excluding carboxylic acids is 2. The van der Waals surface area contributed by atoms with Crippen molar-refractivity contribution < 1.29 is 23.8 Å². The molecule has 0 fully saturated rings. The number of amides is 2. The maximum atomic E-state index is 11.9. The average Bonchev–Trinajstić information content (AvgIpc) is 2.67. The number of carbonyl (C=O) groups is 2. The van der Waals surface area contributed by atoms with Gasteiger partial charge in [0.2, 0.25) is 0 Å². The molecule has 27 heavy (non-hydrogen) atoms. The molecule has 0 radical (unpaired) electrons. The summed E-state index contributed by atoms with van der Waals surface area (Å²) in [5, 5.41) is 5.39. The highest BCUT2D eigenvalue weighted by Gasteiger charge is 2.06. The van der Waals surface area contributed by atoms with Crippen LogP contribution in [0.15, 0.2) is 48.5 Å². The third kappa shape index (κ3) is 7.27. The lowest BCUT2D eigenvalue weighted by atomic mass is 10.1. The molecule has 0 atom stereocenters. The van der Waals surface area contributed by atoms with E-state index < -0.39 is 6.09 Å². The Bertz CT molecular complexity index is 746. The van der Waals surface area contributed by atoms with E-state index in [4.69, 9.17) is 14.2 Å². The normalized spacial score (nSPS) is 10.0. The highest BCUT2D eigenvalue weighted by Crippen LogP contribution is 2.17. The maximum Gasteiger partial charge on any atom is 0.411 e. The van der Waals surface area contributed by atoms with Gasteiger partial charge in [-0.3, -0.25) is 10.1 Å².